The molecule has 0 aliphatic heterocycles. The van der Waals surface area contributed by atoms with E-state index in [2.05, 4.69) is 13.0 Å². The smallest absolute Gasteiger partial charge is 0.120 e. The van der Waals surface area contributed by atoms with Crippen molar-refractivity contribution in [1.29, 1.82) is 0 Å². The van der Waals surface area contributed by atoms with Crippen LogP contribution < -0.4 is 5.73 Å². The maximum Gasteiger partial charge on any atom is 0.120 e. The van der Waals surface area contributed by atoms with E-state index in [-0.39, 0.29) is 5.83 Å². The summed E-state index contributed by atoms with van der Waals surface area (Å²) in [4.78, 5) is 0. The van der Waals surface area contributed by atoms with E-state index in [0.29, 0.717) is 6.42 Å². The van der Waals surface area contributed by atoms with E-state index < -0.39 is 0 Å². The van der Waals surface area contributed by atoms with Crippen LogP contribution in [0.5, 0.6) is 0 Å². The summed E-state index contributed by atoms with van der Waals surface area (Å²) in [6.07, 6.45) is 2.26. The summed E-state index contributed by atoms with van der Waals surface area (Å²) in [7, 11) is 0. The van der Waals surface area contributed by atoms with Crippen LogP contribution in [0.3, 0.4) is 0 Å². The molecule has 0 atom stereocenters. The summed E-state index contributed by atoms with van der Waals surface area (Å²) in [5.74, 6) is -0.274. The van der Waals surface area contributed by atoms with Crippen LogP contribution in [-0.2, 0) is 12.8 Å². The lowest BCUT2D eigenvalue weighted by molar-refractivity contribution is 0.607. The van der Waals surface area contributed by atoms with Gasteiger partial charge in [-0.1, -0.05) is 30.7 Å². The van der Waals surface area contributed by atoms with E-state index in [0.717, 1.165) is 18.2 Å². The number of benzene rings is 1. The number of allylic oxidation sites excluding steroid dienone is 1. The number of hydrogen-bond acceptors (Lipinski definition) is 1. The van der Waals surface area contributed by atoms with Crippen LogP contribution in [0, 0.1) is 6.92 Å². The molecule has 0 aliphatic rings. The van der Waals surface area contributed by atoms with Crippen LogP contribution >= 0.6 is 0 Å². The molecule has 0 heterocycles. The van der Waals surface area contributed by atoms with Gasteiger partial charge in [-0.25, -0.2) is 4.39 Å². The first kappa shape index (κ1) is 10.8. The van der Waals surface area contributed by atoms with Gasteiger partial charge in [-0.05, 0) is 24.5 Å². The normalized spacial score (nSPS) is 11.8. The quantitative estimate of drug-likeness (QED) is 0.784. The van der Waals surface area contributed by atoms with Crippen molar-refractivity contribution in [3.63, 3.8) is 0 Å². The van der Waals surface area contributed by atoms with Crippen LogP contribution in [0.2, 0.25) is 0 Å². The van der Waals surface area contributed by atoms with Gasteiger partial charge >= 0.3 is 0 Å². The second-order valence-corrected chi connectivity index (χ2v) is 3.42. The largest absolute Gasteiger partial charge is 0.403 e. The third-order valence-electron chi connectivity index (χ3n) is 2.28. The van der Waals surface area contributed by atoms with Gasteiger partial charge in [-0.3, -0.25) is 0 Å². The topological polar surface area (TPSA) is 26.0 Å². The SMILES string of the molecule is CCc1cc(C)ccc1C/C(F)=C\N. The molecule has 1 nitrogen and oxygen atoms in total. The molecule has 0 spiro atoms. The van der Waals surface area contributed by atoms with Crippen molar-refractivity contribution in [3.8, 4) is 0 Å². The maximum atomic E-state index is 13.0. The van der Waals surface area contributed by atoms with Gasteiger partial charge in [0.05, 0.1) is 0 Å². The zero-order valence-corrected chi connectivity index (χ0v) is 8.68. The third kappa shape index (κ3) is 2.59. The van der Waals surface area contributed by atoms with E-state index in [9.17, 15) is 4.39 Å². The standard InChI is InChI=1S/C12H16FN/c1-3-10-6-9(2)4-5-11(10)7-12(13)8-14/h4-6,8H,3,7,14H2,1-2H3/b12-8+. The fraction of sp³-hybridized carbons (Fsp3) is 0.333. The highest BCUT2D eigenvalue weighted by Crippen LogP contribution is 2.16. The molecule has 0 saturated heterocycles. The van der Waals surface area contributed by atoms with Crippen LogP contribution in [0.4, 0.5) is 4.39 Å². The molecule has 0 unspecified atom stereocenters. The molecule has 0 aliphatic carbocycles. The van der Waals surface area contributed by atoms with Crippen molar-refractivity contribution in [2.75, 3.05) is 0 Å². The summed E-state index contributed by atoms with van der Waals surface area (Å²) in [5.41, 5.74) is 8.54. The molecule has 1 aromatic rings. The Balaban J connectivity index is 2.96. The number of halogens is 1. The van der Waals surface area contributed by atoms with Crippen LogP contribution in [0.1, 0.15) is 23.6 Å². The minimum atomic E-state index is -0.274. The van der Waals surface area contributed by atoms with E-state index in [1.807, 2.05) is 19.1 Å². The first-order valence-corrected chi connectivity index (χ1v) is 4.82. The van der Waals surface area contributed by atoms with Crippen molar-refractivity contribution in [2.24, 2.45) is 5.73 Å². The second-order valence-electron chi connectivity index (χ2n) is 3.42. The molecule has 1 aromatic carbocycles. The van der Waals surface area contributed by atoms with Gasteiger partial charge < -0.3 is 5.73 Å². The van der Waals surface area contributed by atoms with Gasteiger partial charge in [-0.15, -0.1) is 0 Å². The Hall–Kier alpha value is -1.31. The van der Waals surface area contributed by atoms with E-state index in [4.69, 9.17) is 5.73 Å². The fourth-order valence-corrected chi connectivity index (χ4v) is 1.50. The van der Waals surface area contributed by atoms with E-state index in [1.165, 1.54) is 11.1 Å². The summed E-state index contributed by atoms with van der Waals surface area (Å²) in [6.45, 7) is 4.11. The zero-order valence-electron chi connectivity index (χ0n) is 8.68. The summed E-state index contributed by atoms with van der Waals surface area (Å²) in [6, 6.07) is 6.06. The predicted molar refractivity (Wildman–Crippen MR) is 57.6 cm³/mol. The molecule has 2 heteroatoms. The molecule has 0 fully saturated rings. The molecule has 0 aromatic heterocycles. The van der Waals surface area contributed by atoms with Crippen molar-refractivity contribution in [2.45, 2.75) is 26.7 Å². The lowest BCUT2D eigenvalue weighted by atomic mass is 10.00. The molecule has 14 heavy (non-hydrogen) atoms. The Kier molecular flexibility index (Phi) is 3.69. The first-order valence-electron chi connectivity index (χ1n) is 4.82. The van der Waals surface area contributed by atoms with Crippen LogP contribution in [-0.4, -0.2) is 0 Å². The molecule has 2 N–H and O–H groups in total. The molecule has 0 saturated carbocycles. The number of nitrogens with two attached hydrogens (primary N) is 1. The van der Waals surface area contributed by atoms with Crippen molar-refractivity contribution < 1.29 is 4.39 Å². The summed E-state index contributed by atoms with van der Waals surface area (Å²) >= 11 is 0. The summed E-state index contributed by atoms with van der Waals surface area (Å²) in [5, 5.41) is 0. The average Bonchev–Trinajstić information content (AvgIpc) is 2.20. The van der Waals surface area contributed by atoms with Crippen LogP contribution in [0.25, 0.3) is 0 Å². The molecule has 76 valence electrons. The van der Waals surface area contributed by atoms with Gasteiger partial charge in [0.2, 0.25) is 0 Å². The predicted octanol–water partition coefficient (Wildman–Crippen LogP) is 2.87. The van der Waals surface area contributed by atoms with Crippen LogP contribution in [0.15, 0.2) is 30.2 Å². The molecule has 0 amide bonds. The Morgan fingerprint density at radius 1 is 1.43 bits per heavy atom. The number of rotatable bonds is 3. The molecule has 0 radical (unpaired) electrons. The van der Waals surface area contributed by atoms with Gasteiger partial charge in [-0.2, -0.15) is 0 Å². The minimum Gasteiger partial charge on any atom is -0.403 e. The lowest BCUT2D eigenvalue weighted by Crippen LogP contribution is -1.96. The third-order valence-corrected chi connectivity index (χ3v) is 2.28. The number of hydrogen-bond donors (Lipinski definition) is 1. The maximum absolute atomic E-state index is 13.0. The van der Waals surface area contributed by atoms with Gasteiger partial charge in [0.25, 0.3) is 0 Å². The fourth-order valence-electron chi connectivity index (χ4n) is 1.50. The van der Waals surface area contributed by atoms with Gasteiger partial charge in [0, 0.05) is 12.6 Å². The Labute approximate surface area is 84.4 Å². The highest BCUT2D eigenvalue weighted by molar-refractivity contribution is 5.33. The van der Waals surface area contributed by atoms with E-state index >= 15 is 0 Å². The van der Waals surface area contributed by atoms with Crippen molar-refractivity contribution in [3.05, 3.63) is 46.9 Å². The second kappa shape index (κ2) is 4.80. The molecule has 0 bridgehead atoms. The Bertz CT molecular complexity index is 342. The van der Waals surface area contributed by atoms with Crippen molar-refractivity contribution >= 4 is 0 Å². The average molecular weight is 193 g/mol. The first-order chi connectivity index (χ1) is 6.67. The zero-order chi connectivity index (χ0) is 10.6. The minimum absolute atomic E-state index is 0.274. The molecular weight excluding hydrogens is 177 g/mol. The van der Waals surface area contributed by atoms with Gasteiger partial charge in [0.1, 0.15) is 5.83 Å². The lowest BCUT2D eigenvalue weighted by Gasteiger charge is -2.07. The summed E-state index contributed by atoms with van der Waals surface area (Å²) < 4.78 is 13.0. The molecule has 1 rings (SSSR count). The monoisotopic (exact) mass is 193 g/mol. The highest BCUT2D eigenvalue weighted by atomic mass is 19.1. The Morgan fingerprint density at radius 2 is 2.14 bits per heavy atom. The highest BCUT2D eigenvalue weighted by Gasteiger charge is 2.03. The Morgan fingerprint density at radius 3 is 2.71 bits per heavy atom. The molecular formula is C12H16FN. The number of aryl methyl sites for hydroxylation is 2. The van der Waals surface area contributed by atoms with E-state index in [1.54, 1.807) is 0 Å². The van der Waals surface area contributed by atoms with Gasteiger partial charge in [0.15, 0.2) is 0 Å². The van der Waals surface area contributed by atoms with Crippen molar-refractivity contribution in [1.82, 2.24) is 0 Å².